The lowest BCUT2D eigenvalue weighted by Crippen LogP contribution is -2.00. The van der Waals surface area contributed by atoms with Crippen LogP contribution in [0.2, 0.25) is 0 Å². The van der Waals surface area contributed by atoms with Crippen LogP contribution in [0.4, 0.5) is 0 Å². The zero-order valence-electron chi connectivity index (χ0n) is 13.2. The maximum absolute atomic E-state index is 11.2. The first kappa shape index (κ1) is 18.2. The maximum Gasteiger partial charge on any atom is 0.330 e. The van der Waals surface area contributed by atoms with Crippen molar-refractivity contribution in [3.05, 3.63) is 11.6 Å². The summed E-state index contributed by atoms with van der Waals surface area (Å²) < 4.78 is 4.89. The average Bonchev–Trinajstić information content (AvgIpc) is 2.37. The predicted octanol–water partition coefficient (Wildman–Crippen LogP) is 5.42. The van der Waals surface area contributed by atoms with E-state index in [0.717, 1.165) is 12.0 Å². The minimum atomic E-state index is -0.198. The van der Waals surface area contributed by atoms with Crippen molar-refractivity contribution in [2.24, 2.45) is 0 Å². The molecule has 0 saturated heterocycles. The smallest absolute Gasteiger partial charge is 0.330 e. The lowest BCUT2D eigenvalue weighted by Gasteiger charge is -2.03. The van der Waals surface area contributed by atoms with Crippen LogP contribution in [-0.2, 0) is 9.53 Å². The lowest BCUT2D eigenvalue weighted by molar-refractivity contribution is -0.137. The quantitative estimate of drug-likeness (QED) is 0.268. The molecule has 2 heteroatoms. The molecule has 0 aromatic carbocycles. The Balaban J connectivity index is 3.36. The second kappa shape index (κ2) is 13.6. The van der Waals surface area contributed by atoms with Crippen molar-refractivity contribution in [3.8, 4) is 0 Å². The third kappa shape index (κ3) is 13.4. The first-order valence-corrected chi connectivity index (χ1v) is 8.04. The van der Waals surface area contributed by atoms with E-state index in [1.807, 2.05) is 13.8 Å². The Hall–Kier alpha value is -0.790. The summed E-state index contributed by atoms with van der Waals surface area (Å²) in [7, 11) is 0. The molecule has 112 valence electrons. The standard InChI is InChI=1S/C17H32O2/c1-4-6-7-8-9-10-11-12-13-14-16(3)15-17(18)19-5-2/h15H,4-14H2,1-3H3. The molecule has 0 aliphatic rings. The van der Waals surface area contributed by atoms with Crippen molar-refractivity contribution in [1.82, 2.24) is 0 Å². The summed E-state index contributed by atoms with van der Waals surface area (Å²) in [5.41, 5.74) is 1.14. The number of unbranched alkanes of at least 4 members (excludes halogenated alkanes) is 8. The molecule has 0 radical (unpaired) electrons. The third-order valence-electron chi connectivity index (χ3n) is 3.33. The second-order valence-electron chi connectivity index (χ2n) is 5.32. The molecular formula is C17H32O2. The van der Waals surface area contributed by atoms with Crippen LogP contribution >= 0.6 is 0 Å². The van der Waals surface area contributed by atoms with Crippen molar-refractivity contribution in [2.75, 3.05) is 6.61 Å². The Bertz CT molecular complexity index is 244. The van der Waals surface area contributed by atoms with Gasteiger partial charge >= 0.3 is 5.97 Å². The van der Waals surface area contributed by atoms with Crippen molar-refractivity contribution in [1.29, 1.82) is 0 Å². The summed E-state index contributed by atoms with van der Waals surface area (Å²) >= 11 is 0. The molecule has 0 saturated carbocycles. The fourth-order valence-corrected chi connectivity index (χ4v) is 2.17. The molecule has 0 aromatic rings. The number of rotatable bonds is 12. The molecule has 0 heterocycles. The van der Waals surface area contributed by atoms with Crippen molar-refractivity contribution in [2.45, 2.75) is 85.0 Å². The molecule has 0 atom stereocenters. The molecule has 2 nitrogen and oxygen atoms in total. The summed E-state index contributed by atoms with van der Waals surface area (Å²) in [6, 6.07) is 0. The average molecular weight is 268 g/mol. The van der Waals surface area contributed by atoms with E-state index in [-0.39, 0.29) is 5.97 Å². The molecule has 0 aliphatic carbocycles. The Morgan fingerprint density at radius 2 is 1.42 bits per heavy atom. The largest absolute Gasteiger partial charge is 0.463 e. The Kier molecular flexibility index (Phi) is 13.1. The van der Waals surface area contributed by atoms with E-state index in [2.05, 4.69) is 6.92 Å². The van der Waals surface area contributed by atoms with Gasteiger partial charge in [0.1, 0.15) is 0 Å². The highest BCUT2D eigenvalue weighted by molar-refractivity contribution is 5.82. The number of allylic oxidation sites excluding steroid dienone is 1. The van der Waals surface area contributed by atoms with Crippen molar-refractivity contribution < 1.29 is 9.53 Å². The first-order chi connectivity index (χ1) is 9.20. The molecule has 0 aliphatic heterocycles. The molecule has 0 unspecified atom stereocenters. The van der Waals surface area contributed by atoms with E-state index >= 15 is 0 Å². The van der Waals surface area contributed by atoms with Gasteiger partial charge in [0.05, 0.1) is 6.61 Å². The van der Waals surface area contributed by atoms with E-state index < -0.39 is 0 Å². The van der Waals surface area contributed by atoms with Gasteiger partial charge in [0, 0.05) is 6.08 Å². The Morgan fingerprint density at radius 1 is 0.895 bits per heavy atom. The maximum atomic E-state index is 11.2. The minimum Gasteiger partial charge on any atom is -0.463 e. The molecule has 0 fully saturated rings. The van der Waals surface area contributed by atoms with E-state index in [1.165, 1.54) is 57.8 Å². The van der Waals surface area contributed by atoms with E-state index in [1.54, 1.807) is 6.08 Å². The van der Waals surface area contributed by atoms with Gasteiger partial charge in [-0.25, -0.2) is 4.79 Å². The molecule has 0 rings (SSSR count). The molecular weight excluding hydrogens is 236 g/mol. The second-order valence-corrected chi connectivity index (χ2v) is 5.32. The van der Waals surface area contributed by atoms with Crippen molar-refractivity contribution >= 4 is 5.97 Å². The van der Waals surface area contributed by atoms with Gasteiger partial charge in [-0.3, -0.25) is 0 Å². The van der Waals surface area contributed by atoms with Gasteiger partial charge in [-0.2, -0.15) is 0 Å². The van der Waals surface area contributed by atoms with Crippen LogP contribution in [0.15, 0.2) is 11.6 Å². The molecule has 0 amide bonds. The molecule has 0 spiro atoms. The Morgan fingerprint density at radius 3 is 1.95 bits per heavy atom. The van der Waals surface area contributed by atoms with Crippen LogP contribution in [0.5, 0.6) is 0 Å². The number of ether oxygens (including phenoxy) is 1. The van der Waals surface area contributed by atoms with Crippen LogP contribution in [0.3, 0.4) is 0 Å². The normalized spacial score (nSPS) is 11.6. The zero-order valence-corrected chi connectivity index (χ0v) is 13.2. The van der Waals surface area contributed by atoms with Crippen molar-refractivity contribution in [3.63, 3.8) is 0 Å². The van der Waals surface area contributed by atoms with Gasteiger partial charge in [0.2, 0.25) is 0 Å². The van der Waals surface area contributed by atoms with E-state index in [4.69, 9.17) is 4.74 Å². The predicted molar refractivity (Wildman–Crippen MR) is 82.2 cm³/mol. The number of hydrogen-bond donors (Lipinski definition) is 0. The van der Waals surface area contributed by atoms with Gasteiger partial charge in [-0.1, -0.05) is 63.9 Å². The third-order valence-corrected chi connectivity index (χ3v) is 3.33. The van der Waals surface area contributed by atoms with Gasteiger partial charge in [0.25, 0.3) is 0 Å². The molecule has 0 aromatic heterocycles. The minimum absolute atomic E-state index is 0.198. The van der Waals surface area contributed by atoms with Crippen LogP contribution in [-0.4, -0.2) is 12.6 Å². The summed E-state index contributed by atoms with van der Waals surface area (Å²) in [6.45, 7) is 6.57. The van der Waals surface area contributed by atoms with Crippen LogP contribution in [0, 0.1) is 0 Å². The van der Waals surface area contributed by atoms with Crippen LogP contribution in [0.1, 0.15) is 85.0 Å². The van der Waals surface area contributed by atoms with Crippen LogP contribution in [0.25, 0.3) is 0 Å². The highest BCUT2D eigenvalue weighted by atomic mass is 16.5. The molecule has 0 N–H and O–H groups in total. The lowest BCUT2D eigenvalue weighted by atomic mass is 10.0. The summed E-state index contributed by atoms with van der Waals surface area (Å²) in [6.07, 6.45) is 14.7. The number of hydrogen-bond acceptors (Lipinski definition) is 2. The highest BCUT2D eigenvalue weighted by Gasteiger charge is 1.98. The fraction of sp³-hybridized carbons (Fsp3) is 0.824. The van der Waals surface area contributed by atoms with E-state index in [0.29, 0.717) is 6.61 Å². The van der Waals surface area contributed by atoms with E-state index in [9.17, 15) is 4.79 Å². The monoisotopic (exact) mass is 268 g/mol. The number of esters is 1. The van der Waals surface area contributed by atoms with Crippen LogP contribution < -0.4 is 0 Å². The van der Waals surface area contributed by atoms with Gasteiger partial charge < -0.3 is 4.74 Å². The Labute approximate surface area is 119 Å². The summed E-state index contributed by atoms with van der Waals surface area (Å²) in [5, 5.41) is 0. The molecule has 0 bridgehead atoms. The fourth-order valence-electron chi connectivity index (χ4n) is 2.17. The first-order valence-electron chi connectivity index (χ1n) is 8.04. The molecule has 19 heavy (non-hydrogen) atoms. The van der Waals surface area contributed by atoms with Gasteiger partial charge in [-0.05, 0) is 26.7 Å². The summed E-state index contributed by atoms with van der Waals surface area (Å²) in [5.74, 6) is -0.198. The SMILES string of the molecule is CCCCCCCCCCCC(C)=CC(=O)OCC. The van der Waals surface area contributed by atoms with Gasteiger partial charge in [-0.15, -0.1) is 0 Å². The number of carbonyl (C=O) groups is 1. The number of carbonyl (C=O) groups excluding carboxylic acids is 1. The highest BCUT2D eigenvalue weighted by Crippen LogP contribution is 2.13. The van der Waals surface area contributed by atoms with Gasteiger partial charge in [0.15, 0.2) is 0 Å². The summed E-state index contributed by atoms with van der Waals surface area (Å²) in [4.78, 5) is 11.2. The zero-order chi connectivity index (χ0) is 14.3. The topological polar surface area (TPSA) is 26.3 Å².